The van der Waals surface area contributed by atoms with Crippen LogP contribution in [0, 0.1) is 0 Å². The molecule has 0 spiro atoms. The van der Waals surface area contributed by atoms with Crippen molar-refractivity contribution in [3.8, 4) is 5.75 Å². The van der Waals surface area contributed by atoms with Gasteiger partial charge in [0.15, 0.2) is 0 Å². The zero-order valence-corrected chi connectivity index (χ0v) is 13.3. The molecule has 0 N–H and O–H groups in total. The van der Waals surface area contributed by atoms with Crippen molar-refractivity contribution in [3.63, 3.8) is 0 Å². The summed E-state index contributed by atoms with van der Waals surface area (Å²) < 4.78 is 11.0. The summed E-state index contributed by atoms with van der Waals surface area (Å²) in [6, 6.07) is 18.3. The lowest BCUT2D eigenvalue weighted by molar-refractivity contribution is -0.144. The Morgan fingerprint density at radius 3 is 2.70 bits per heavy atom. The minimum absolute atomic E-state index is 0.187. The number of esters is 1. The number of benzene rings is 2. The van der Waals surface area contributed by atoms with Crippen LogP contribution in [0.5, 0.6) is 5.75 Å². The molecule has 1 unspecified atom stereocenters. The van der Waals surface area contributed by atoms with Crippen molar-refractivity contribution in [1.29, 1.82) is 0 Å². The normalized spacial score (nSPS) is 16.4. The molecule has 0 saturated carbocycles. The van der Waals surface area contributed by atoms with Crippen LogP contribution in [0.1, 0.15) is 18.9 Å². The van der Waals surface area contributed by atoms with Gasteiger partial charge in [-0.2, -0.15) is 0 Å². The minimum Gasteiger partial charge on any atom is -0.486 e. The summed E-state index contributed by atoms with van der Waals surface area (Å²) in [5.41, 5.74) is 2.30. The van der Waals surface area contributed by atoms with Gasteiger partial charge in [0, 0.05) is 6.54 Å². The molecule has 23 heavy (non-hydrogen) atoms. The van der Waals surface area contributed by atoms with Gasteiger partial charge in [0.05, 0.1) is 25.3 Å². The molecule has 0 saturated heterocycles. The Hall–Kier alpha value is -2.49. The van der Waals surface area contributed by atoms with Gasteiger partial charge < -0.3 is 14.4 Å². The molecule has 120 valence electrons. The number of hydrogen-bond acceptors (Lipinski definition) is 4. The third-order valence-corrected chi connectivity index (χ3v) is 3.84. The molecular weight excluding hydrogens is 290 g/mol. The van der Waals surface area contributed by atoms with E-state index in [1.807, 2.05) is 43.3 Å². The van der Waals surface area contributed by atoms with E-state index in [2.05, 4.69) is 23.1 Å². The van der Waals surface area contributed by atoms with Crippen molar-refractivity contribution in [1.82, 2.24) is 0 Å². The van der Waals surface area contributed by atoms with Gasteiger partial charge in [-0.3, -0.25) is 4.79 Å². The van der Waals surface area contributed by atoms with Crippen molar-refractivity contribution in [2.75, 3.05) is 18.1 Å². The number of fused-ring (bicyclic) bond motifs is 1. The second kappa shape index (κ2) is 7.18. The van der Waals surface area contributed by atoms with Crippen LogP contribution in [0.3, 0.4) is 0 Å². The van der Waals surface area contributed by atoms with Gasteiger partial charge >= 0.3 is 5.97 Å². The molecule has 1 atom stereocenters. The van der Waals surface area contributed by atoms with Gasteiger partial charge in [-0.05, 0) is 24.6 Å². The molecule has 1 aliphatic heterocycles. The summed E-state index contributed by atoms with van der Waals surface area (Å²) in [6.45, 7) is 3.68. The summed E-state index contributed by atoms with van der Waals surface area (Å²) in [5, 5.41) is 0. The minimum atomic E-state index is -0.212. The van der Waals surface area contributed by atoms with Crippen LogP contribution in [0.25, 0.3) is 0 Å². The zero-order valence-electron chi connectivity index (χ0n) is 13.3. The standard InChI is InChI=1S/C19H21NO3/c1-2-22-19(21)12-16-14-20(13-15-8-4-3-5-9-15)17-10-6-7-11-18(17)23-16/h3-11,16H,2,12-14H2,1H3. The molecule has 0 bridgehead atoms. The monoisotopic (exact) mass is 311 g/mol. The summed E-state index contributed by atoms with van der Waals surface area (Å²) in [6.07, 6.45) is 0.0839. The highest BCUT2D eigenvalue weighted by atomic mass is 16.5. The van der Waals surface area contributed by atoms with E-state index in [1.165, 1.54) is 5.56 Å². The quantitative estimate of drug-likeness (QED) is 0.793. The number of ether oxygens (including phenoxy) is 2. The summed E-state index contributed by atoms with van der Waals surface area (Å²) in [5.74, 6) is 0.612. The van der Waals surface area contributed by atoms with Crippen molar-refractivity contribution in [2.24, 2.45) is 0 Å². The smallest absolute Gasteiger partial charge is 0.309 e. The number of carbonyl (C=O) groups is 1. The first-order chi connectivity index (χ1) is 11.3. The first kappa shape index (κ1) is 15.4. The van der Waals surface area contributed by atoms with Crippen LogP contribution in [0.4, 0.5) is 5.69 Å². The second-order valence-corrected chi connectivity index (χ2v) is 5.58. The van der Waals surface area contributed by atoms with E-state index in [9.17, 15) is 4.79 Å². The lowest BCUT2D eigenvalue weighted by atomic mass is 10.1. The average molecular weight is 311 g/mol. The molecule has 2 aromatic carbocycles. The van der Waals surface area contributed by atoms with Gasteiger partial charge in [-0.1, -0.05) is 42.5 Å². The van der Waals surface area contributed by atoms with Crippen molar-refractivity contribution in [2.45, 2.75) is 26.0 Å². The summed E-state index contributed by atoms with van der Waals surface area (Å²) in [4.78, 5) is 14.0. The first-order valence-corrected chi connectivity index (χ1v) is 7.96. The molecule has 2 aromatic rings. The largest absolute Gasteiger partial charge is 0.486 e. The predicted molar refractivity (Wildman–Crippen MR) is 89.6 cm³/mol. The third kappa shape index (κ3) is 3.83. The number of rotatable bonds is 5. The highest BCUT2D eigenvalue weighted by Gasteiger charge is 2.27. The fourth-order valence-electron chi connectivity index (χ4n) is 2.84. The third-order valence-electron chi connectivity index (χ3n) is 3.84. The van der Waals surface area contributed by atoms with Gasteiger partial charge in [0.25, 0.3) is 0 Å². The predicted octanol–water partition coefficient (Wildman–Crippen LogP) is 3.41. The van der Waals surface area contributed by atoms with Crippen LogP contribution < -0.4 is 9.64 Å². The fraction of sp³-hybridized carbons (Fsp3) is 0.316. The lowest BCUT2D eigenvalue weighted by Gasteiger charge is -2.36. The van der Waals surface area contributed by atoms with E-state index in [4.69, 9.17) is 9.47 Å². The Balaban J connectivity index is 1.78. The Morgan fingerprint density at radius 2 is 1.91 bits per heavy atom. The van der Waals surface area contributed by atoms with Crippen molar-refractivity contribution >= 4 is 11.7 Å². The van der Waals surface area contributed by atoms with Crippen molar-refractivity contribution < 1.29 is 14.3 Å². The Morgan fingerprint density at radius 1 is 1.17 bits per heavy atom. The maximum atomic E-state index is 11.8. The Kier molecular flexibility index (Phi) is 4.81. The molecule has 1 heterocycles. The number of carbonyl (C=O) groups excluding carboxylic acids is 1. The highest BCUT2D eigenvalue weighted by Crippen LogP contribution is 2.34. The lowest BCUT2D eigenvalue weighted by Crippen LogP contribution is -2.41. The van der Waals surface area contributed by atoms with Crippen LogP contribution in [0.15, 0.2) is 54.6 Å². The molecule has 0 radical (unpaired) electrons. The first-order valence-electron chi connectivity index (χ1n) is 7.96. The Bertz CT molecular complexity index is 657. The summed E-state index contributed by atoms with van der Waals surface area (Å²) >= 11 is 0. The molecule has 0 aliphatic carbocycles. The molecule has 1 aliphatic rings. The molecule has 0 aromatic heterocycles. The van der Waals surface area contributed by atoms with Gasteiger partial charge in [0.2, 0.25) is 0 Å². The molecule has 4 nitrogen and oxygen atoms in total. The maximum absolute atomic E-state index is 11.8. The topological polar surface area (TPSA) is 38.8 Å². The van der Waals surface area contributed by atoms with Crippen LogP contribution in [-0.4, -0.2) is 25.2 Å². The van der Waals surface area contributed by atoms with E-state index >= 15 is 0 Å². The molecular formula is C19H21NO3. The van der Waals surface area contributed by atoms with Crippen LogP contribution in [0.2, 0.25) is 0 Å². The number of nitrogens with zero attached hydrogens (tertiary/aromatic N) is 1. The van der Waals surface area contributed by atoms with Crippen LogP contribution >= 0.6 is 0 Å². The van der Waals surface area contributed by atoms with Crippen LogP contribution in [-0.2, 0) is 16.1 Å². The van der Waals surface area contributed by atoms with Gasteiger partial charge in [-0.15, -0.1) is 0 Å². The number of hydrogen-bond donors (Lipinski definition) is 0. The van der Waals surface area contributed by atoms with Gasteiger partial charge in [-0.25, -0.2) is 0 Å². The molecule has 3 rings (SSSR count). The molecule has 0 amide bonds. The van der Waals surface area contributed by atoms with Crippen molar-refractivity contribution in [3.05, 3.63) is 60.2 Å². The Labute approximate surface area is 136 Å². The fourth-order valence-corrected chi connectivity index (χ4v) is 2.84. The number of para-hydroxylation sites is 2. The van der Waals surface area contributed by atoms with E-state index in [0.717, 1.165) is 18.0 Å². The zero-order chi connectivity index (χ0) is 16.1. The second-order valence-electron chi connectivity index (χ2n) is 5.58. The van der Waals surface area contributed by atoms with Gasteiger partial charge in [0.1, 0.15) is 11.9 Å². The highest BCUT2D eigenvalue weighted by molar-refractivity contribution is 5.71. The summed E-state index contributed by atoms with van der Waals surface area (Å²) in [7, 11) is 0. The molecule has 4 heteroatoms. The van der Waals surface area contributed by atoms with E-state index in [0.29, 0.717) is 13.2 Å². The average Bonchev–Trinajstić information content (AvgIpc) is 2.56. The van der Waals surface area contributed by atoms with E-state index < -0.39 is 0 Å². The van der Waals surface area contributed by atoms with E-state index in [-0.39, 0.29) is 18.5 Å². The van der Waals surface area contributed by atoms with E-state index in [1.54, 1.807) is 0 Å². The molecule has 0 fully saturated rings. The SMILES string of the molecule is CCOC(=O)CC1CN(Cc2ccccc2)c2ccccc2O1. The number of anilines is 1. The maximum Gasteiger partial charge on any atom is 0.309 e.